The summed E-state index contributed by atoms with van der Waals surface area (Å²) in [6.45, 7) is 3.75. The van der Waals surface area contributed by atoms with Gasteiger partial charge in [0.05, 0.1) is 23.0 Å². The van der Waals surface area contributed by atoms with E-state index in [2.05, 4.69) is 20.9 Å². The number of para-hydroxylation sites is 2. The number of hydrogen-bond acceptors (Lipinski definition) is 5. The van der Waals surface area contributed by atoms with Gasteiger partial charge in [-0.2, -0.15) is 0 Å². The highest BCUT2D eigenvalue weighted by molar-refractivity contribution is 6.31. The number of rotatable bonds is 7. The smallest absolute Gasteiger partial charge is 0.278 e. The van der Waals surface area contributed by atoms with Gasteiger partial charge in [0, 0.05) is 5.69 Å². The first kappa shape index (κ1) is 21.3. The Kier molecular flexibility index (Phi) is 6.63. The van der Waals surface area contributed by atoms with Crippen molar-refractivity contribution in [3.8, 4) is 5.75 Å². The van der Waals surface area contributed by atoms with E-state index in [4.69, 9.17) is 16.3 Å². The van der Waals surface area contributed by atoms with Crippen LogP contribution in [-0.2, 0) is 11.3 Å². The number of halogens is 2. The van der Waals surface area contributed by atoms with E-state index in [9.17, 15) is 14.0 Å². The number of carbonyl (C=O) groups excluding carboxylic acids is 2. The van der Waals surface area contributed by atoms with Crippen LogP contribution >= 0.6 is 11.6 Å². The van der Waals surface area contributed by atoms with E-state index in [1.807, 2.05) is 6.92 Å². The zero-order valence-electron chi connectivity index (χ0n) is 16.3. The fourth-order valence-corrected chi connectivity index (χ4v) is 2.84. The number of nitrogens with zero attached hydrogens (tertiary/aromatic N) is 3. The molecule has 0 spiro atoms. The number of anilines is 2. The van der Waals surface area contributed by atoms with Gasteiger partial charge in [-0.25, -0.2) is 9.07 Å². The van der Waals surface area contributed by atoms with E-state index in [1.54, 1.807) is 31.2 Å². The molecule has 0 atom stereocenters. The minimum Gasteiger partial charge on any atom is -0.492 e. The van der Waals surface area contributed by atoms with Crippen molar-refractivity contribution in [1.82, 2.24) is 15.0 Å². The molecule has 0 aliphatic carbocycles. The van der Waals surface area contributed by atoms with Gasteiger partial charge in [0.1, 0.15) is 18.1 Å². The van der Waals surface area contributed by atoms with Crippen LogP contribution < -0.4 is 15.4 Å². The normalized spacial score (nSPS) is 10.5. The molecule has 2 N–H and O–H groups in total. The molecule has 1 aromatic heterocycles. The number of carbonyl (C=O) groups is 2. The number of nitrogens with one attached hydrogen (secondary N) is 2. The van der Waals surface area contributed by atoms with E-state index in [-0.39, 0.29) is 17.3 Å². The van der Waals surface area contributed by atoms with Crippen molar-refractivity contribution >= 4 is 34.8 Å². The largest absolute Gasteiger partial charge is 0.492 e. The Balaban J connectivity index is 1.68. The van der Waals surface area contributed by atoms with Crippen LogP contribution in [0.5, 0.6) is 5.75 Å². The molecule has 2 amide bonds. The van der Waals surface area contributed by atoms with Crippen LogP contribution in [0.1, 0.15) is 23.1 Å². The molecular weight excluding hydrogens is 413 g/mol. The Morgan fingerprint density at radius 3 is 2.70 bits per heavy atom. The van der Waals surface area contributed by atoms with Crippen molar-refractivity contribution in [2.75, 3.05) is 17.2 Å². The third-order valence-electron chi connectivity index (χ3n) is 4.13. The lowest BCUT2D eigenvalue weighted by atomic mass is 10.2. The van der Waals surface area contributed by atoms with Crippen molar-refractivity contribution in [2.24, 2.45) is 0 Å². The van der Waals surface area contributed by atoms with Gasteiger partial charge in [-0.1, -0.05) is 28.9 Å². The van der Waals surface area contributed by atoms with E-state index < -0.39 is 17.6 Å². The van der Waals surface area contributed by atoms with Gasteiger partial charge >= 0.3 is 0 Å². The second-order valence-electron chi connectivity index (χ2n) is 6.24. The fourth-order valence-electron chi connectivity index (χ4n) is 2.66. The van der Waals surface area contributed by atoms with Gasteiger partial charge in [-0.05, 0) is 44.2 Å². The number of aromatic nitrogens is 3. The minimum atomic E-state index is -0.580. The highest BCUT2D eigenvalue weighted by Gasteiger charge is 2.19. The standard InChI is InChI=1S/C20H19ClFN5O3/c1-3-30-17-7-5-4-6-16(17)24-20(29)19-12(2)27(26-25-19)11-18(28)23-13-8-9-15(22)14(21)10-13/h4-10H,3,11H2,1-2H3,(H,23,28)(H,24,29). The summed E-state index contributed by atoms with van der Waals surface area (Å²) in [5, 5.41) is 13.0. The molecule has 2 aromatic carbocycles. The molecule has 10 heteroatoms. The monoisotopic (exact) mass is 431 g/mol. The molecule has 0 unspecified atom stereocenters. The lowest BCUT2D eigenvalue weighted by molar-refractivity contribution is -0.117. The Labute approximate surface area is 177 Å². The van der Waals surface area contributed by atoms with Crippen molar-refractivity contribution in [2.45, 2.75) is 20.4 Å². The van der Waals surface area contributed by atoms with Gasteiger partial charge in [0.15, 0.2) is 5.69 Å². The first-order valence-electron chi connectivity index (χ1n) is 9.07. The predicted molar refractivity (Wildman–Crippen MR) is 110 cm³/mol. The highest BCUT2D eigenvalue weighted by Crippen LogP contribution is 2.24. The molecule has 3 aromatic rings. The zero-order chi connectivity index (χ0) is 21.7. The van der Waals surface area contributed by atoms with Crippen molar-refractivity contribution < 1.29 is 18.7 Å². The van der Waals surface area contributed by atoms with E-state index in [1.165, 1.54) is 16.8 Å². The molecular formula is C20H19ClFN5O3. The molecule has 0 aliphatic rings. The second kappa shape index (κ2) is 9.36. The zero-order valence-corrected chi connectivity index (χ0v) is 17.0. The summed E-state index contributed by atoms with van der Waals surface area (Å²) in [4.78, 5) is 24.9. The Hall–Kier alpha value is -3.46. The van der Waals surface area contributed by atoms with Gasteiger partial charge < -0.3 is 15.4 Å². The lowest BCUT2D eigenvalue weighted by Gasteiger charge is -2.10. The average Bonchev–Trinajstić information content (AvgIpc) is 3.07. The number of amides is 2. The van der Waals surface area contributed by atoms with E-state index in [0.29, 0.717) is 29.4 Å². The van der Waals surface area contributed by atoms with Crippen molar-refractivity contribution in [3.05, 3.63) is 64.7 Å². The number of benzene rings is 2. The molecule has 0 radical (unpaired) electrons. The SMILES string of the molecule is CCOc1ccccc1NC(=O)c1nnn(CC(=O)Nc2ccc(F)c(Cl)c2)c1C. The molecule has 0 aliphatic heterocycles. The molecule has 0 saturated heterocycles. The Bertz CT molecular complexity index is 1090. The highest BCUT2D eigenvalue weighted by atomic mass is 35.5. The number of ether oxygens (including phenoxy) is 1. The van der Waals surface area contributed by atoms with Crippen LogP contribution in [0, 0.1) is 12.7 Å². The second-order valence-corrected chi connectivity index (χ2v) is 6.65. The van der Waals surface area contributed by atoms with Gasteiger partial charge in [0.2, 0.25) is 5.91 Å². The summed E-state index contributed by atoms with van der Waals surface area (Å²) in [6.07, 6.45) is 0. The maximum Gasteiger partial charge on any atom is 0.278 e. The summed E-state index contributed by atoms with van der Waals surface area (Å²) >= 11 is 5.71. The summed E-state index contributed by atoms with van der Waals surface area (Å²) in [7, 11) is 0. The third kappa shape index (κ3) is 4.93. The molecule has 3 rings (SSSR count). The van der Waals surface area contributed by atoms with E-state index >= 15 is 0 Å². The van der Waals surface area contributed by atoms with Crippen LogP contribution in [0.2, 0.25) is 5.02 Å². The third-order valence-corrected chi connectivity index (χ3v) is 4.42. The first-order valence-corrected chi connectivity index (χ1v) is 9.45. The summed E-state index contributed by atoms with van der Waals surface area (Å²) in [6, 6.07) is 10.9. The van der Waals surface area contributed by atoms with Crippen molar-refractivity contribution in [1.29, 1.82) is 0 Å². The molecule has 156 valence electrons. The van der Waals surface area contributed by atoms with Crippen LogP contribution in [0.15, 0.2) is 42.5 Å². The van der Waals surface area contributed by atoms with Gasteiger partial charge in [-0.3, -0.25) is 9.59 Å². The summed E-state index contributed by atoms with van der Waals surface area (Å²) in [5.41, 5.74) is 1.34. The Morgan fingerprint density at radius 2 is 1.97 bits per heavy atom. The van der Waals surface area contributed by atoms with Crippen LogP contribution in [0.4, 0.5) is 15.8 Å². The first-order chi connectivity index (χ1) is 14.4. The van der Waals surface area contributed by atoms with Gasteiger partial charge in [-0.15, -0.1) is 5.10 Å². The molecule has 8 nitrogen and oxygen atoms in total. The quantitative estimate of drug-likeness (QED) is 0.594. The van der Waals surface area contributed by atoms with Crippen LogP contribution in [-0.4, -0.2) is 33.4 Å². The molecule has 0 fully saturated rings. The fraction of sp³-hybridized carbons (Fsp3) is 0.200. The van der Waals surface area contributed by atoms with Gasteiger partial charge in [0.25, 0.3) is 5.91 Å². The predicted octanol–water partition coefficient (Wildman–Crippen LogP) is 3.67. The minimum absolute atomic E-state index is 0.0823. The maximum atomic E-state index is 13.2. The molecule has 1 heterocycles. The van der Waals surface area contributed by atoms with Crippen LogP contribution in [0.3, 0.4) is 0 Å². The Morgan fingerprint density at radius 1 is 1.20 bits per heavy atom. The van der Waals surface area contributed by atoms with E-state index in [0.717, 1.165) is 6.07 Å². The van der Waals surface area contributed by atoms with Crippen LogP contribution in [0.25, 0.3) is 0 Å². The summed E-state index contributed by atoms with van der Waals surface area (Å²) < 4.78 is 20.0. The molecule has 30 heavy (non-hydrogen) atoms. The van der Waals surface area contributed by atoms with Crippen molar-refractivity contribution in [3.63, 3.8) is 0 Å². The molecule has 0 saturated carbocycles. The number of hydrogen-bond donors (Lipinski definition) is 2. The lowest BCUT2D eigenvalue weighted by Crippen LogP contribution is -2.21. The maximum absolute atomic E-state index is 13.2. The molecule has 0 bridgehead atoms. The topological polar surface area (TPSA) is 98.1 Å². The average molecular weight is 432 g/mol. The summed E-state index contributed by atoms with van der Waals surface area (Å²) in [5.74, 6) is -0.949.